The molecule has 0 bridgehead atoms. The molecule has 0 aliphatic carbocycles. The van der Waals surface area contributed by atoms with E-state index in [2.05, 4.69) is 10.4 Å². The number of nitrogens with one attached hydrogen (secondary N) is 1. The van der Waals surface area contributed by atoms with Crippen molar-refractivity contribution in [3.63, 3.8) is 0 Å². The number of carbonyl (C=O) groups is 2. The summed E-state index contributed by atoms with van der Waals surface area (Å²) in [7, 11) is 0. The molecule has 2 heterocycles. The highest BCUT2D eigenvalue weighted by atomic mass is 19.1. The van der Waals surface area contributed by atoms with Crippen LogP contribution in [0.4, 0.5) is 25.8 Å². The lowest BCUT2D eigenvalue weighted by Crippen LogP contribution is -2.39. The predicted octanol–water partition coefficient (Wildman–Crippen LogP) is 3.70. The van der Waals surface area contributed by atoms with Crippen LogP contribution in [0.25, 0.3) is 0 Å². The van der Waals surface area contributed by atoms with Crippen LogP contribution in [0.2, 0.25) is 0 Å². The van der Waals surface area contributed by atoms with Gasteiger partial charge >= 0.3 is 5.97 Å². The standard InChI is InChI=1S/C23H24F2N4O3/c1-2-32-23(31)19-14-20(29(27-19)16-8-4-3-5-9-16)22(30)26-15-12-17(24)21(18(25)13-15)28-10-6-7-11-28/h3-5,8-9,12-13,20H,2,6-7,10-11,14H2,1H3,(H,26,30). The van der Waals surface area contributed by atoms with Gasteiger partial charge < -0.3 is 15.0 Å². The molecule has 1 N–H and O–H groups in total. The van der Waals surface area contributed by atoms with Crippen LogP contribution in [0.3, 0.4) is 0 Å². The van der Waals surface area contributed by atoms with Gasteiger partial charge in [-0.25, -0.2) is 13.6 Å². The predicted molar refractivity (Wildman–Crippen MR) is 118 cm³/mol. The summed E-state index contributed by atoms with van der Waals surface area (Å²) in [6.07, 6.45) is 1.78. The van der Waals surface area contributed by atoms with Gasteiger partial charge in [0.05, 0.1) is 12.3 Å². The number of hydrazone groups is 1. The lowest BCUT2D eigenvalue weighted by molar-refractivity contribution is -0.135. The molecular weight excluding hydrogens is 418 g/mol. The first-order chi connectivity index (χ1) is 15.5. The first-order valence-corrected chi connectivity index (χ1v) is 10.6. The molecule has 4 rings (SSSR count). The molecule has 1 saturated heterocycles. The maximum Gasteiger partial charge on any atom is 0.354 e. The van der Waals surface area contributed by atoms with Crippen LogP contribution in [0, 0.1) is 11.6 Å². The van der Waals surface area contributed by atoms with Crippen molar-refractivity contribution in [2.75, 3.05) is 34.9 Å². The van der Waals surface area contributed by atoms with Crippen LogP contribution >= 0.6 is 0 Å². The summed E-state index contributed by atoms with van der Waals surface area (Å²) < 4.78 is 34.3. The second-order valence-corrected chi connectivity index (χ2v) is 7.64. The lowest BCUT2D eigenvalue weighted by atomic mass is 10.1. The minimum absolute atomic E-state index is 0.00513. The molecule has 168 valence electrons. The smallest absolute Gasteiger partial charge is 0.354 e. The largest absolute Gasteiger partial charge is 0.461 e. The number of rotatable bonds is 6. The van der Waals surface area contributed by atoms with Gasteiger partial charge in [0.25, 0.3) is 0 Å². The third-order valence-electron chi connectivity index (χ3n) is 5.45. The molecule has 1 amide bonds. The molecular formula is C23H24F2N4O3. The molecule has 2 aliphatic rings. The fraction of sp³-hybridized carbons (Fsp3) is 0.348. The molecule has 2 aliphatic heterocycles. The molecule has 0 spiro atoms. The van der Waals surface area contributed by atoms with Crippen molar-refractivity contribution < 1.29 is 23.1 Å². The maximum atomic E-state index is 14.7. The van der Waals surface area contributed by atoms with Crippen LogP contribution in [0.1, 0.15) is 26.2 Å². The second kappa shape index (κ2) is 9.33. The summed E-state index contributed by atoms with van der Waals surface area (Å²) in [5.41, 5.74) is 0.650. The summed E-state index contributed by atoms with van der Waals surface area (Å²) in [6, 6.07) is 10.2. The minimum Gasteiger partial charge on any atom is -0.461 e. The van der Waals surface area contributed by atoms with Crippen molar-refractivity contribution in [2.45, 2.75) is 32.2 Å². The van der Waals surface area contributed by atoms with E-state index < -0.39 is 29.6 Å². The van der Waals surface area contributed by atoms with Crippen LogP contribution in [0.15, 0.2) is 47.6 Å². The lowest BCUT2D eigenvalue weighted by Gasteiger charge is -2.23. The van der Waals surface area contributed by atoms with Crippen molar-refractivity contribution in [3.05, 3.63) is 54.1 Å². The number of anilines is 3. The van der Waals surface area contributed by atoms with Crippen molar-refractivity contribution in [1.29, 1.82) is 0 Å². The van der Waals surface area contributed by atoms with E-state index in [1.54, 1.807) is 36.1 Å². The maximum absolute atomic E-state index is 14.7. The molecule has 1 fully saturated rings. The van der Waals surface area contributed by atoms with E-state index in [0.29, 0.717) is 18.8 Å². The van der Waals surface area contributed by atoms with Gasteiger partial charge in [0.2, 0.25) is 5.91 Å². The fourth-order valence-electron chi connectivity index (χ4n) is 3.98. The highest BCUT2D eigenvalue weighted by Gasteiger charge is 2.37. The van der Waals surface area contributed by atoms with Crippen LogP contribution in [-0.4, -0.2) is 43.3 Å². The van der Waals surface area contributed by atoms with E-state index in [4.69, 9.17) is 4.74 Å². The number of ether oxygens (including phenoxy) is 1. The first-order valence-electron chi connectivity index (χ1n) is 10.6. The van der Waals surface area contributed by atoms with Gasteiger partial charge in [0.1, 0.15) is 17.4 Å². The Kier molecular flexibility index (Phi) is 6.34. The molecule has 0 aromatic heterocycles. The van der Waals surface area contributed by atoms with E-state index in [1.807, 2.05) is 6.07 Å². The van der Waals surface area contributed by atoms with E-state index in [1.165, 1.54) is 5.01 Å². The summed E-state index contributed by atoms with van der Waals surface area (Å²) >= 11 is 0. The Bertz CT molecular complexity index is 1020. The number of hydrogen-bond acceptors (Lipinski definition) is 6. The van der Waals surface area contributed by atoms with Crippen molar-refractivity contribution in [3.8, 4) is 0 Å². The second-order valence-electron chi connectivity index (χ2n) is 7.64. The third kappa shape index (κ3) is 4.42. The van der Waals surface area contributed by atoms with E-state index in [0.717, 1.165) is 25.0 Å². The summed E-state index contributed by atoms with van der Waals surface area (Å²) in [6.45, 7) is 3.06. The zero-order valence-electron chi connectivity index (χ0n) is 17.7. The van der Waals surface area contributed by atoms with Gasteiger partial charge in [0.15, 0.2) is 11.6 Å². The Labute approximate surface area is 184 Å². The molecule has 9 heteroatoms. The van der Waals surface area contributed by atoms with Crippen LogP contribution < -0.4 is 15.2 Å². The Balaban J connectivity index is 1.56. The first kappa shape index (κ1) is 21.7. The van der Waals surface area contributed by atoms with Gasteiger partial charge in [-0.2, -0.15) is 5.10 Å². The average molecular weight is 442 g/mol. The van der Waals surface area contributed by atoms with Gasteiger partial charge in [-0.05, 0) is 44.0 Å². The van der Waals surface area contributed by atoms with Gasteiger partial charge in [-0.15, -0.1) is 0 Å². The number of carbonyl (C=O) groups excluding carboxylic acids is 2. The topological polar surface area (TPSA) is 74.2 Å². The number of esters is 1. The number of nitrogens with zero attached hydrogens (tertiary/aromatic N) is 3. The summed E-state index contributed by atoms with van der Waals surface area (Å²) in [5.74, 6) is -2.59. The van der Waals surface area contributed by atoms with Gasteiger partial charge in [-0.3, -0.25) is 9.80 Å². The molecule has 2 aromatic rings. The molecule has 7 nitrogen and oxygen atoms in total. The summed E-state index contributed by atoms with van der Waals surface area (Å²) in [5, 5.41) is 8.28. The molecule has 0 saturated carbocycles. The number of hydrogen-bond donors (Lipinski definition) is 1. The highest BCUT2D eigenvalue weighted by Crippen LogP contribution is 2.31. The number of benzene rings is 2. The Morgan fingerprint density at radius 2 is 1.78 bits per heavy atom. The highest BCUT2D eigenvalue weighted by molar-refractivity contribution is 6.38. The average Bonchev–Trinajstić information content (AvgIpc) is 3.45. The molecule has 1 unspecified atom stereocenters. The van der Waals surface area contributed by atoms with Crippen molar-refractivity contribution in [1.82, 2.24) is 0 Å². The number of para-hydroxylation sites is 1. The Morgan fingerprint density at radius 3 is 2.41 bits per heavy atom. The Hall–Kier alpha value is -3.49. The third-order valence-corrected chi connectivity index (χ3v) is 5.45. The molecule has 32 heavy (non-hydrogen) atoms. The van der Waals surface area contributed by atoms with Gasteiger partial charge in [-0.1, -0.05) is 18.2 Å². The number of halogens is 2. The van der Waals surface area contributed by atoms with E-state index >= 15 is 0 Å². The normalized spacial score (nSPS) is 18.0. The zero-order chi connectivity index (χ0) is 22.7. The number of amides is 1. The van der Waals surface area contributed by atoms with Crippen LogP contribution in [0.5, 0.6) is 0 Å². The summed E-state index contributed by atoms with van der Waals surface area (Å²) in [4.78, 5) is 26.9. The SMILES string of the molecule is CCOC(=O)C1=NN(c2ccccc2)C(C(=O)Nc2cc(F)c(N3CCCC3)c(F)c2)C1. The Morgan fingerprint density at radius 1 is 1.12 bits per heavy atom. The van der Waals surface area contributed by atoms with Crippen molar-refractivity contribution in [2.24, 2.45) is 5.10 Å². The molecule has 0 radical (unpaired) electrons. The fourth-order valence-corrected chi connectivity index (χ4v) is 3.98. The minimum atomic E-state index is -0.874. The van der Waals surface area contributed by atoms with E-state index in [-0.39, 0.29) is 30.1 Å². The van der Waals surface area contributed by atoms with Gasteiger partial charge in [0, 0.05) is 25.2 Å². The zero-order valence-corrected chi connectivity index (χ0v) is 17.7. The van der Waals surface area contributed by atoms with Crippen molar-refractivity contribution >= 4 is 34.7 Å². The monoisotopic (exact) mass is 442 g/mol. The quantitative estimate of drug-likeness (QED) is 0.691. The van der Waals surface area contributed by atoms with E-state index in [9.17, 15) is 18.4 Å². The molecule has 1 atom stereocenters. The molecule has 2 aromatic carbocycles. The van der Waals surface area contributed by atoms with Crippen LogP contribution in [-0.2, 0) is 14.3 Å².